The van der Waals surface area contributed by atoms with E-state index in [-0.39, 0.29) is 30.1 Å². The van der Waals surface area contributed by atoms with Gasteiger partial charge in [0.1, 0.15) is 6.10 Å². The molecular weight excluding hydrogens is 671 g/mol. The first-order valence-corrected chi connectivity index (χ1v) is 24.0. The van der Waals surface area contributed by atoms with Gasteiger partial charge in [0.05, 0.1) is 6.61 Å². The van der Waals surface area contributed by atoms with Crippen LogP contribution >= 0.6 is 0 Å². The van der Waals surface area contributed by atoms with Crippen molar-refractivity contribution in [3.05, 3.63) is 0 Å². The molecule has 0 fully saturated rings. The Balaban J connectivity index is 4.34. The first kappa shape index (κ1) is 52.9. The van der Waals surface area contributed by atoms with Gasteiger partial charge >= 0.3 is 11.9 Å². The number of aliphatic hydroxyl groups excluding tert-OH is 1. The number of unbranched alkanes of at least 4 members (excludes halogenated alkanes) is 21. The topological polar surface area (TPSA) is 76.1 Å². The van der Waals surface area contributed by atoms with Crippen molar-refractivity contribution in [2.45, 2.75) is 259 Å². The van der Waals surface area contributed by atoms with Crippen LogP contribution in [0.1, 0.15) is 253 Å². The largest absolute Gasteiger partial charge is 0.466 e. The van der Waals surface area contributed by atoms with Gasteiger partial charge in [-0.1, -0.05) is 157 Å². The third-order valence-electron chi connectivity index (χ3n) is 11.4. The summed E-state index contributed by atoms with van der Waals surface area (Å²) >= 11 is 0. The van der Waals surface area contributed by atoms with E-state index in [1.807, 2.05) is 0 Å². The second kappa shape index (κ2) is 40.1. The van der Waals surface area contributed by atoms with E-state index in [0.717, 1.165) is 90.3 Å². The summed E-state index contributed by atoms with van der Waals surface area (Å²) in [6.45, 7) is 15.6. The van der Waals surface area contributed by atoms with E-state index in [0.29, 0.717) is 19.4 Å². The molecule has 0 rings (SSSR count). The second-order valence-electron chi connectivity index (χ2n) is 17.5. The quantitative estimate of drug-likeness (QED) is 0.0492. The van der Waals surface area contributed by atoms with Crippen molar-refractivity contribution < 1.29 is 24.2 Å². The van der Waals surface area contributed by atoms with Crippen LogP contribution in [0.2, 0.25) is 0 Å². The fraction of sp³-hybridized carbons (Fsp3) is 0.958. The molecule has 0 aliphatic rings. The van der Waals surface area contributed by atoms with Crippen LogP contribution in [0.15, 0.2) is 0 Å². The average molecular weight is 766 g/mol. The molecule has 54 heavy (non-hydrogen) atoms. The molecule has 0 saturated carbocycles. The summed E-state index contributed by atoms with van der Waals surface area (Å²) in [4.78, 5) is 27.6. The van der Waals surface area contributed by atoms with Crippen molar-refractivity contribution in [3.63, 3.8) is 0 Å². The molecule has 0 aliphatic heterocycles. The van der Waals surface area contributed by atoms with Gasteiger partial charge in [0.15, 0.2) is 0 Å². The van der Waals surface area contributed by atoms with E-state index in [9.17, 15) is 14.7 Å². The van der Waals surface area contributed by atoms with E-state index < -0.39 is 0 Å². The summed E-state index contributed by atoms with van der Waals surface area (Å²) in [5.74, 6) is -0.00304. The standard InChI is InChI=1S/C48H95NO5/c1-6-9-12-15-18-22-27-36-46(51)53-44-31-24-19-23-28-40-49(41-29-30-43-50)42-33-39-48(4,5)38-32-37-47(52)54-45(34-25-20-16-13-10-7-2)35-26-21-17-14-11-8-3/h45,50H,6-44H2,1-5H3. The van der Waals surface area contributed by atoms with Crippen molar-refractivity contribution in [3.8, 4) is 0 Å². The molecule has 322 valence electrons. The normalized spacial score (nSPS) is 11.9. The van der Waals surface area contributed by atoms with Gasteiger partial charge in [0.25, 0.3) is 0 Å². The molecule has 0 heterocycles. The molecule has 0 aromatic rings. The highest BCUT2D eigenvalue weighted by atomic mass is 16.5. The van der Waals surface area contributed by atoms with Crippen LogP contribution in [0.25, 0.3) is 0 Å². The first-order chi connectivity index (χ1) is 26.3. The van der Waals surface area contributed by atoms with Gasteiger partial charge in [0, 0.05) is 19.4 Å². The summed E-state index contributed by atoms with van der Waals surface area (Å²) < 4.78 is 11.6. The van der Waals surface area contributed by atoms with Gasteiger partial charge in [-0.25, -0.2) is 0 Å². The predicted molar refractivity (Wildman–Crippen MR) is 232 cm³/mol. The van der Waals surface area contributed by atoms with E-state index in [4.69, 9.17) is 9.47 Å². The Hall–Kier alpha value is -1.14. The smallest absolute Gasteiger partial charge is 0.306 e. The zero-order chi connectivity index (χ0) is 39.8. The van der Waals surface area contributed by atoms with Crippen LogP contribution < -0.4 is 0 Å². The lowest BCUT2D eigenvalue weighted by molar-refractivity contribution is -0.150. The van der Waals surface area contributed by atoms with Gasteiger partial charge < -0.3 is 19.5 Å². The molecular formula is C48H95NO5. The average Bonchev–Trinajstić information content (AvgIpc) is 3.14. The van der Waals surface area contributed by atoms with Gasteiger partial charge in [-0.2, -0.15) is 0 Å². The number of ether oxygens (including phenoxy) is 2. The van der Waals surface area contributed by atoms with E-state index in [1.54, 1.807) is 0 Å². The van der Waals surface area contributed by atoms with Crippen molar-refractivity contribution >= 4 is 11.9 Å². The van der Waals surface area contributed by atoms with Gasteiger partial charge in [-0.15, -0.1) is 0 Å². The Morgan fingerprint density at radius 2 is 0.926 bits per heavy atom. The Kier molecular flexibility index (Phi) is 39.2. The molecule has 0 amide bonds. The number of carbonyl (C=O) groups excluding carboxylic acids is 2. The molecule has 0 atom stereocenters. The first-order valence-electron chi connectivity index (χ1n) is 24.0. The minimum absolute atomic E-state index is 0.0163. The van der Waals surface area contributed by atoms with Crippen LogP contribution in [0.4, 0.5) is 0 Å². The second-order valence-corrected chi connectivity index (χ2v) is 17.5. The van der Waals surface area contributed by atoms with Crippen molar-refractivity contribution in [2.75, 3.05) is 32.8 Å². The lowest BCUT2D eigenvalue weighted by Crippen LogP contribution is -2.28. The molecule has 0 aliphatic carbocycles. The summed E-state index contributed by atoms with van der Waals surface area (Å²) in [6.07, 6.45) is 39.1. The Labute approximate surface area is 337 Å². The highest BCUT2D eigenvalue weighted by molar-refractivity contribution is 5.69. The lowest BCUT2D eigenvalue weighted by Gasteiger charge is -2.28. The minimum atomic E-state index is -0.0194. The molecule has 0 saturated heterocycles. The zero-order valence-electron chi connectivity index (χ0n) is 37.2. The Morgan fingerprint density at radius 3 is 1.48 bits per heavy atom. The molecule has 0 unspecified atom stereocenters. The Bertz CT molecular complexity index is 786. The maximum Gasteiger partial charge on any atom is 0.306 e. The number of carbonyl (C=O) groups is 2. The summed E-state index contributed by atoms with van der Waals surface area (Å²) in [5, 5.41) is 9.34. The maximum atomic E-state index is 13.0. The van der Waals surface area contributed by atoms with Crippen LogP contribution in [-0.4, -0.2) is 60.9 Å². The molecule has 0 radical (unpaired) electrons. The molecule has 0 bridgehead atoms. The van der Waals surface area contributed by atoms with Gasteiger partial charge in [-0.05, 0) is 109 Å². The van der Waals surface area contributed by atoms with Gasteiger partial charge in [0.2, 0.25) is 0 Å². The number of rotatable bonds is 43. The molecule has 6 nitrogen and oxygen atoms in total. The molecule has 0 aromatic heterocycles. The summed E-state index contributed by atoms with van der Waals surface area (Å²) in [5.41, 5.74) is 0.213. The summed E-state index contributed by atoms with van der Waals surface area (Å²) in [6, 6.07) is 0. The SMILES string of the molecule is CCCCCCCCCC(=O)OCCCCCCCN(CCCCO)CCCC(C)(C)CCCC(=O)OC(CCCCCCCC)CCCCCCCC. The third kappa shape index (κ3) is 37.8. The monoisotopic (exact) mass is 766 g/mol. The fourth-order valence-electron chi connectivity index (χ4n) is 7.66. The van der Waals surface area contributed by atoms with Crippen LogP contribution in [0.3, 0.4) is 0 Å². The number of hydrogen-bond donors (Lipinski definition) is 1. The van der Waals surface area contributed by atoms with Crippen LogP contribution in [0.5, 0.6) is 0 Å². The van der Waals surface area contributed by atoms with E-state index in [1.165, 1.54) is 135 Å². The fourth-order valence-corrected chi connectivity index (χ4v) is 7.66. The zero-order valence-corrected chi connectivity index (χ0v) is 37.2. The molecule has 6 heteroatoms. The van der Waals surface area contributed by atoms with Crippen molar-refractivity contribution in [1.29, 1.82) is 0 Å². The minimum Gasteiger partial charge on any atom is -0.466 e. The molecule has 0 aromatic carbocycles. The van der Waals surface area contributed by atoms with Crippen LogP contribution in [-0.2, 0) is 19.1 Å². The lowest BCUT2D eigenvalue weighted by atomic mass is 9.82. The van der Waals surface area contributed by atoms with Crippen molar-refractivity contribution in [1.82, 2.24) is 4.90 Å². The summed E-state index contributed by atoms with van der Waals surface area (Å²) in [7, 11) is 0. The highest BCUT2D eigenvalue weighted by Gasteiger charge is 2.20. The molecule has 1 N–H and O–H groups in total. The van der Waals surface area contributed by atoms with Crippen molar-refractivity contribution in [2.24, 2.45) is 5.41 Å². The van der Waals surface area contributed by atoms with E-state index >= 15 is 0 Å². The molecule has 0 spiro atoms. The Morgan fingerprint density at radius 1 is 0.500 bits per heavy atom. The predicted octanol–water partition coefficient (Wildman–Crippen LogP) is 14.1. The maximum absolute atomic E-state index is 13.0. The van der Waals surface area contributed by atoms with Crippen LogP contribution in [0, 0.1) is 5.41 Å². The number of nitrogens with zero attached hydrogens (tertiary/aromatic N) is 1. The van der Waals surface area contributed by atoms with Gasteiger partial charge in [-0.3, -0.25) is 9.59 Å². The van der Waals surface area contributed by atoms with E-state index in [2.05, 4.69) is 39.5 Å². The number of esters is 2. The highest BCUT2D eigenvalue weighted by Crippen LogP contribution is 2.29. The third-order valence-corrected chi connectivity index (χ3v) is 11.4. The number of hydrogen-bond acceptors (Lipinski definition) is 6. The number of aliphatic hydroxyl groups is 1.